The Balaban J connectivity index is 2.05. The number of ketones is 1. The first-order valence-corrected chi connectivity index (χ1v) is 10.5. The van der Waals surface area contributed by atoms with Crippen molar-refractivity contribution in [1.29, 1.82) is 0 Å². The molecule has 1 heterocycles. The fourth-order valence-electron chi connectivity index (χ4n) is 2.79. The molecule has 0 spiro atoms. The van der Waals surface area contributed by atoms with Gasteiger partial charge in [-0.1, -0.05) is 29.8 Å². The van der Waals surface area contributed by atoms with Gasteiger partial charge in [-0.2, -0.15) is 13.2 Å². The van der Waals surface area contributed by atoms with Crippen LogP contribution in [0.5, 0.6) is 0 Å². The van der Waals surface area contributed by atoms with Gasteiger partial charge in [-0.05, 0) is 42.8 Å². The monoisotopic (exact) mass is 469 g/mol. The molecule has 162 valence electrons. The Hall–Kier alpha value is -3.11. The molecule has 0 aliphatic carbocycles. The van der Waals surface area contributed by atoms with Crippen LogP contribution >= 0.6 is 11.6 Å². The lowest BCUT2D eigenvalue weighted by Crippen LogP contribution is -2.18. The van der Waals surface area contributed by atoms with Crippen molar-refractivity contribution < 1.29 is 26.4 Å². The van der Waals surface area contributed by atoms with Crippen molar-refractivity contribution in [2.75, 3.05) is 10.5 Å². The van der Waals surface area contributed by atoms with Crippen molar-refractivity contribution in [2.45, 2.75) is 18.0 Å². The zero-order valence-electron chi connectivity index (χ0n) is 15.9. The number of nitrogens with one attached hydrogen (secondary N) is 1. The molecule has 31 heavy (non-hydrogen) atoms. The maximum Gasteiger partial charge on any atom is 0.416 e. The minimum atomic E-state index is -4.73. The first-order valence-electron chi connectivity index (χ1n) is 8.65. The quantitative estimate of drug-likeness (QED) is 0.417. The Morgan fingerprint density at radius 2 is 1.84 bits per heavy atom. The van der Waals surface area contributed by atoms with Crippen LogP contribution in [0, 0.1) is 6.92 Å². The third kappa shape index (κ3) is 4.97. The molecule has 0 radical (unpaired) electrons. The molecule has 0 aliphatic rings. The van der Waals surface area contributed by atoms with E-state index in [1.165, 1.54) is 25.1 Å². The topological polar surface area (TPSA) is 102 Å². The van der Waals surface area contributed by atoms with Crippen molar-refractivity contribution in [1.82, 2.24) is 4.98 Å². The maximum atomic E-state index is 13.2. The van der Waals surface area contributed by atoms with Crippen LogP contribution in [0.2, 0.25) is 5.02 Å². The second-order valence-electron chi connectivity index (χ2n) is 6.58. The van der Waals surface area contributed by atoms with Crippen LogP contribution in [0.4, 0.5) is 24.5 Å². The lowest BCUT2D eigenvalue weighted by molar-refractivity contribution is -0.138. The molecule has 2 aromatic carbocycles. The van der Waals surface area contributed by atoms with Crippen molar-refractivity contribution in [3.05, 3.63) is 82.1 Å². The van der Waals surface area contributed by atoms with Crippen molar-refractivity contribution >= 4 is 38.8 Å². The van der Waals surface area contributed by atoms with Gasteiger partial charge in [0, 0.05) is 17.4 Å². The van der Waals surface area contributed by atoms with Gasteiger partial charge >= 0.3 is 6.18 Å². The van der Waals surface area contributed by atoms with E-state index in [9.17, 15) is 26.4 Å². The SMILES string of the molecule is Cc1ccc(S(=O)(=O)Nc2cc(Cl)cnc2C(=O)c2cccc(N)c2)cc1C(F)(F)F. The predicted molar refractivity (Wildman–Crippen MR) is 111 cm³/mol. The normalized spacial score (nSPS) is 11.9. The summed E-state index contributed by atoms with van der Waals surface area (Å²) in [5, 5.41) is 0.0155. The molecule has 11 heteroatoms. The van der Waals surface area contributed by atoms with Gasteiger partial charge in [-0.3, -0.25) is 9.52 Å². The Labute approximate surface area is 180 Å². The van der Waals surface area contributed by atoms with Crippen LogP contribution in [0.3, 0.4) is 0 Å². The number of benzene rings is 2. The second kappa shape index (κ2) is 8.20. The number of nitrogens with zero attached hydrogens (tertiary/aromatic N) is 1. The summed E-state index contributed by atoms with van der Waals surface area (Å²) in [7, 11) is -4.50. The molecule has 1 aromatic heterocycles. The molecule has 0 fully saturated rings. The number of nitrogens with two attached hydrogens (primary N) is 1. The maximum absolute atomic E-state index is 13.2. The molecule has 6 nitrogen and oxygen atoms in total. The number of hydrogen-bond acceptors (Lipinski definition) is 5. The number of nitrogen functional groups attached to an aromatic ring is 1. The molecule has 3 rings (SSSR count). The number of pyridine rings is 1. The molecular weight excluding hydrogens is 455 g/mol. The predicted octanol–water partition coefficient (Wildman–Crippen LogP) is 4.68. The number of carbonyl (C=O) groups excluding carboxylic acids is 1. The van der Waals surface area contributed by atoms with E-state index in [0.29, 0.717) is 11.8 Å². The van der Waals surface area contributed by atoms with E-state index in [-0.39, 0.29) is 27.5 Å². The van der Waals surface area contributed by atoms with Gasteiger partial charge in [0.2, 0.25) is 5.78 Å². The highest BCUT2D eigenvalue weighted by Crippen LogP contribution is 2.34. The van der Waals surface area contributed by atoms with E-state index in [0.717, 1.165) is 24.4 Å². The number of alkyl halides is 3. The van der Waals surface area contributed by atoms with E-state index in [1.54, 1.807) is 6.07 Å². The minimum Gasteiger partial charge on any atom is -0.399 e. The lowest BCUT2D eigenvalue weighted by atomic mass is 10.1. The van der Waals surface area contributed by atoms with Crippen LogP contribution < -0.4 is 10.5 Å². The van der Waals surface area contributed by atoms with E-state index in [2.05, 4.69) is 9.71 Å². The molecule has 0 unspecified atom stereocenters. The van der Waals surface area contributed by atoms with Crippen molar-refractivity contribution in [2.24, 2.45) is 0 Å². The summed E-state index contributed by atoms with van der Waals surface area (Å²) in [5.74, 6) is -0.651. The zero-order valence-corrected chi connectivity index (χ0v) is 17.4. The van der Waals surface area contributed by atoms with Gasteiger partial charge in [0.1, 0.15) is 5.69 Å². The molecule has 0 atom stereocenters. The fraction of sp³-hybridized carbons (Fsp3) is 0.100. The van der Waals surface area contributed by atoms with E-state index in [4.69, 9.17) is 17.3 Å². The van der Waals surface area contributed by atoms with Gasteiger partial charge in [-0.15, -0.1) is 0 Å². The number of sulfonamides is 1. The number of anilines is 2. The number of carbonyl (C=O) groups is 1. The van der Waals surface area contributed by atoms with Gasteiger partial charge in [0.25, 0.3) is 10.0 Å². The van der Waals surface area contributed by atoms with Crippen LogP contribution in [-0.2, 0) is 16.2 Å². The number of halogens is 4. The average Bonchev–Trinajstić information content (AvgIpc) is 2.66. The molecule has 0 saturated heterocycles. The van der Waals surface area contributed by atoms with Crippen LogP contribution in [0.25, 0.3) is 0 Å². The van der Waals surface area contributed by atoms with Crippen LogP contribution in [0.1, 0.15) is 27.2 Å². The molecular formula is C20H15ClF3N3O3S. The summed E-state index contributed by atoms with van der Waals surface area (Å²) < 4.78 is 67.3. The molecule has 3 N–H and O–H groups in total. The van der Waals surface area contributed by atoms with Crippen LogP contribution in [0.15, 0.2) is 59.6 Å². The number of aromatic nitrogens is 1. The fourth-order valence-corrected chi connectivity index (χ4v) is 4.03. The van der Waals surface area contributed by atoms with E-state index in [1.807, 2.05) is 0 Å². The molecule has 0 saturated carbocycles. The standard InChI is InChI=1S/C20H15ClF3N3O3S/c1-11-5-6-15(9-16(11)20(22,23)24)31(29,30)27-17-8-13(21)10-26-18(17)19(28)12-3-2-4-14(25)7-12/h2-10,27H,25H2,1H3. The Bertz CT molecular complexity index is 1280. The molecule has 0 amide bonds. The summed E-state index contributed by atoms with van der Waals surface area (Å²) in [4.78, 5) is 16.1. The summed E-state index contributed by atoms with van der Waals surface area (Å²) in [6.45, 7) is 1.22. The lowest BCUT2D eigenvalue weighted by Gasteiger charge is -2.15. The zero-order chi connectivity index (χ0) is 23.0. The number of rotatable bonds is 5. The van der Waals surface area contributed by atoms with Crippen molar-refractivity contribution in [3.63, 3.8) is 0 Å². The first kappa shape index (κ1) is 22.6. The number of aryl methyl sites for hydroxylation is 1. The largest absolute Gasteiger partial charge is 0.416 e. The highest BCUT2D eigenvalue weighted by Gasteiger charge is 2.34. The number of hydrogen-bond donors (Lipinski definition) is 2. The average molecular weight is 470 g/mol. The van der Waals surface area contributed by atoms with E-state index < -0.39 is 32.4 Å². The summed E-state index contributed by atoms with van der Waals surface area (Å²) >= 11 is 5.90. The van der Waals surface area contributed by atoms with Gasteiger partial charge in [0.05, 0.1) is 21.2 Å². The highest BCUT2D eigenvalue weighted by molar-refractivity contribution is 7.92. The smallest absolute Gasteiger partial charge is 0.399 e. The first-order chi connectivity index (χ1) is 14.4. The molecule has 3 aromatic rings. The summed E-state index contributed by atoms with van der Waals surface area (Å²) in [5.41, 5.74) is 4.34. The van der Waals surface area contributed by atoms with Crippen LogP contribution in [-0.4, -0.2) is 19.2 Å². The van der Waals surface area contributed by atoms with Gasteiger partial charge < -0.3 is 5.73 Å². The third-order valence-electron chi connectivity index (χ3n) is 4.29. The van der Waals surface area contributed by atoms with Crippen molar-refractivity contribution in [3.8, 4) is 0 Å². The van der Waals surface area contributed by atoms with Gasteiger partial charge in [-0.25, -0.2) is 13.4 Å². The van der Waals surface area contributed by atoms with E-state index >= 15 is 0 Å². The van der Waals surface area contributed by atoms with Gasteiger partial charge in [0.15, 0.2) is 0 Å². The molecule has 0 aliphatic heterocycles. The minimum absolute atomic E-state index is 0.0155. The summed E-state index contributed by atoms with van der Waals surface area (Å²) in [6, 6.07) is 9.68. The molecule has 0 bridgehead atoms. The highest BCUT2D eigenvalue weighted by atomic mass is 35.5. The Morgan fingerprint density at radius 1 is 1.13 bits per heavy atom. The third-order valence-corrected chi connectivity index (χ3v) is 5.86. The summed E-state index contributed by atoms with van der Waals surface area (Å²) in [6.07, 6.45) is -3.59. The Morgan fingerprint density at radius 3 is 2.48 bits per heavy atom. The second-order valence-corrected chi connectivity index (χ2v) is 8.70. The Kier molecular flexibility index (Phi) is 5.97.